The number of nitrogens with one attached hydrogen (secondary N) is 1. The molecule has 0 aliphatic heterocycles. The molecule has 26 heavy (non-hydrogen) atoms. The van der Waals surface area contributed by atoms with Crippen LogP contribution in [0.25, 0.3) is 5.65 Å². The summed E-state index contributed by atoms with van der Waals surface area (Å²) < 4.78 is 1.80. The van der Waals surface area contributed by atoms with Crippen LogP contribution in [-0.4, -0.2) is 39.7 Å². The first-order valence-corrected chi connectivity index (χ1v) is 8.42. The molecule has 0 atom stereocenters. The third-order valence-corrected chi connectivity index (χ3v) is 4.44. The van der Waals surface area contributed by atoms with Crippen molar-refractivity contribution in [1.29, 1.82) is 0 Å². The Labute approximate surface area is 152 Å². The standard InChI is InChI=1S/C20H22N4O2/c1-13-8-9-24-11-17(21-18(24)10-13)20(26)23(4)12-19(25)22-16-7-5-6-14(2)15(16)3/h5-11H,12H2,1-4H3,(H,22,25). The average molecular weight is 350 g/mol. The summed E-state index contributed by atoms with van der Waals surface area (Å²) in [6.07, 6.45) is 3.54. The highest BCUT2D eigenvalue weighted by Gasteiger charge is 2.18. The number of aryl methyl sites for hydroxylation is 2. The van der Waals surface area contributed by atoms with Crippen molar-refractivity contribution in [3.63, 3.8) is 0 Å². The maximum atomic E-state index is 12.6. The Balaban J connectivity index is 1.69. The molecule has 0 saturated heterocycles. The monoisotopic (exact) mass is 350 g/mol. The highest BCUT2D eigenvalue weighted by atomic mass is 16.2. The number of hydrogen-bond acceptors (Lipinski definition) is 3. The van der Waals surface area contributed by atoms with Gasteiger partial charge in [0.25, 0.3) is 5.91 Å². The first kappa shape index (κ1) is 17.7. The average Bonchev–Trinajstić information content (AvgIpc) is 3.01. The molecular formula is C20H22N4O2. The molecule has 0 aliphatic rings. The Morgan fingerprint density at radius 3 is 2.73 bits per heavy atom. The molecule has 0 fully saturated rings. The molecule has 0 aliphatic carbocycles. The molecule has 2 heterocycles. The Morgan fingerprint density at radius 2 is 1.96 bits per heavy atom. The Kier molecular flexibility index (Phi) is 4.75. The normalized spacial score (nSPS) is 10.8. The van der Waals surface area contributed by atoms with Gasteiger partial charge in [-0.05, 0) is 55.7 Å². The molecule has 3 aromatic rings. The van der Waals surface area contributed by atoms with Gasteiger partial charge in [-0.1, -0.05) is 12.1 Å². The number of nitrogens with zero attached hydrogens (tertiary/aromatic N) is 3. The topological polar surface area (TPSA) is 66.7 Å². The minimum atomic E-state index is -0.289. The van der Waals surface area contributed by atoms with Crippen LogP contribution in [0.2, 0.25) is 0 Å². The van der Waals surface area contributed by atoms with Gasteiger partial charge in [-0.3, -0.25) is 9.59 Å². The third kappa shape index (κ3) is 3.59. The van der Waals surface area contributed by atoms with Crippen LogP contribution < -0.4 is 5.32 Å². The first-order valence-electron chi connectivity index (χ1n) is 8.42. The quantitative estimate of drug-likeness (QED) is 0.787. The second-order valence-corrected chi connectivity index (χ2v) is 6.55. The van der Waals surface area contributed by atoms with E-state index in [1.165, 1.54) is 4.90 Å². The molecule has 1 N–H and O–H groups in total. The predicted octanol–water partition coefficient (Wildman–Crippen LogP) is 2.97. The molecule has 3 rings (SSSR count). The van der Waals surface area contributed by atoms with Crippen LogP contribution in [0.1, 0.15) is 27.2 Å². The fraction of sp³-hybridized carbons (Fsp3) is 0.250. The summed E-state index contributed by atoms with van der Waals surface area (Å²) >= 11 is 0. The molecule has 0 bridgehead atoms. The van der Waals surface area contributed by atoms with Crippen molar-refractivity contribution < 1.29 is 9.59 Å². The second-order valence-electron chi connectivity index (χ2n) is 6.55. The van der Waals surface area contributed by atoms with Crippen molar-refractivity contribution in [2.45, 2.75) is 20.8 Å². The van der Waals surface area contributed by atoms with E-state index in [1.807, 2.05) is 57.3 Å². The number of fused-ring (bicyclic) bond motifs is 1. The smallest absolute Gasteiger partial charge is 0.274 e. The molecule has 2 amide bonds. The summed E-state index contributed by atoms with van der Waals surface area (Å²) in [7, 11) is 1.60. The van der Waals surface area contributed by atoms with Crippen molar-refractivity contribution in [3.05, 3.63) is 65.1 Å². The summed E-state index contributed by atoms with van der Waals surface area (Å²) in [6, 6.07) is 9.60. The number of amides is 2. The Morgan fingerprint density at radius 1 is 1.19 bits per heavy atom. The number of anilines is 1. The molecule has 0 unspecified atom stereocenters. The van der Waals surface area contributed by atoms with Gasteiger partial charge < -0.3 is 14.6 Å². The van der Waals surface area contributed by atoms with Gasteiger partial charge in [0.15, 0.2) is 0 Å². The minimum Gasteiger partial charge on any atom is -0.331 e. The van der Waals surface area contributed by atoms with Crippen molar-refractivity contribution in [2.75, 3.05) is 18.9 Å². The van der Waals surface area contributed by atoms with E-state index in [4.69, 9.17) is 0 Å². The van der Waals surface area contributed by atoms with Gasteiger partial charge in [0, 0.05) is 25.1 Å². The van der Waals surface area contributed by atoms with E-state index in [2.05, 4.69) is 10.3 Å². The van der Waals surface area contributed by atoms with Crippen molar-refractivity contribution in [2.24, 2.45) is 0 Å². The third-order valence-electron chi connectivity index (χ3n) is 4.44. The summed E-state index contributed by atoms with van der Waals surface area (Å²) in [6.45, 7) is 5.88. The summed E-state index contributed by atoms with van der Waals surface area (Å²) in [5, 5.41) is 2.86. The number of imidazole rings is 1. The fourth-order valence-corrected chi connectivity index (χ4v) is 2.75. The van der Waals surface area contributed by atoms with Crippen LogP contribution in [-0.2, 0) is 4.79 Å². The lowest BCUT2D eigenvalue weighted by Gasteiger charge is -2.16. The zero-order valence-corrected chi connectivity index (χ0v) is 15.4. The fourth-order valence-electron chi connectivity index (χ4n) is 2.75. The van der Waals surface area contributed by atoms with E-state index in [1.54, 1.807) is 17.6 Å². The maximum absolute atomic E-state index is 12.6. The van der Waals surface area contributed by atoms with Crippen LogP contribution in [0, 0.1) is 20.8 Å². The lowest BCUT2D eigenvalue weighted by Crippen LogP contribution is -2.35. The zero-order chi connectivity index (χ0) is 18.8. The lowest BCUT2D eigenvalue weighted by molar-refractivity contribution is -0.116. The minimum absolute atomic E-state index is 0.0425. The molecular weight excluding hydrogens is 328 g/mol. The van der Waals surface area contributed by atoms with Gasteiger partial charge in [0.2, 0.25) is 5.91 Å². The Hall–Kier alpha value is -3.15. The van der Waals surface area contributed by atoms with Crippen molar-refractivity contribution in [3.8, 4) is 0 Å². The summed E-state index contributed by atoms with van der Waals surface area (Å²) in [5.41, 5.74) is 4.99. The number of aromatic nitrogens is 2. The van der Waals surface area contributed by atoms with Gasteiger partial charge in [0.1, 0.15) is 11.3 Å². The van der Waals surface area contributed by atoms with E-state index in [9.17, 15) is 9.59 Å². The first-order chi connectivity index (χ1) is 12.3. The molecule has 6 heteroatoms. The van der Waals surface area contributed by atoms with Gasteiger partial charge in [-0.2, -0.15) is 0 Å². The molecule has 2 aromatic heterocycles. The maximum Gasteiger partial charge on any atom is 0.274 e. The molecule has 0 saturated carbocycles. The van der Waals surface area contributed by atoms with E-state index in [-0.39, 0.29) is 18.4 Å². The van der Waals surface area contributed by atoms with Crippen LogP contribution in [0.4, 0.5) is 5.69 Å². The zero-order valence-electron chi connectivity index (χ0n) is 15.4. The van der Waals surface area contributed by atoms with E-state index in [0.29, 0.717) is 11.3 Å². The van der Waals surface area contributed by atoms with Crippen molar-refractivity contribution in [1.82, 2.24) is 14.3 Å². The van der Waals surface area contributed by atoms with Crippen LogP contribution >= 0.6 is 0 Å². The van der Waals surface area contributed by atoms with Gasteiger partial charge in [-0.15, -0.1) is 0 Å². The second kappa shape index (κ2) is 7.00. The van der Waals surface area contributed by atoms with Crippen LogP contribution in [0.3, 0.4) is 0 Å². The van der Waals surface area contributed by atoms with E-state index < -0.39 is 0 Å². The lowest BCUT2D eigenvalue weighted by atomic mass is 10.1. The number of hydrogen-bond donors (Lipinski definition) is 1. The number of benzene rings is 1. The molecule has 6 nitrogen and oxygen atoms in total. The number of pyridine rings is 1. The van der Waals surface area contributed by atoms with Crippen molar-refractivity contribution >= 4 is 23.1 Å². The molecule has 1 aromatic carbocycles. The predicted molar refractivity (Wildman–Crippen MR) is 101 cm³/mol. The number of likely N-dealkylation sites (N-methyl/N-ethyl adjacent to an activating group) is 1. The number of rotatable bonds is 4. The van der Waals surface area contributed by atoms with E-state index in [0.717, 1.165) is 22.4 Å². The summed E-state index contributed by atoms with van der Waals surface area (Å²) in [4.78, 5) is 30.6. The largest absolute Gasteiger partial charge is 0.331 e. The van der Waals surface area contributed by atoms with E-state index >= 15 is 0 Å². The van der Waals surface area contributed by atoms with Crippen LogP contribution in [0.15, 0.2) is 42.7 Å². The highest BCUT2D eigenvalue weighted by molar-refractivity contribution is 5.98. The molecule has 134 valence electrons. The molecule has 0 spiro atoms. The number of carbonyl (C=O) groups excluding carboxylic acids is 2. The molecule has 0 radical (unpaired) electrons. The highest BCUT2D eigenvalue weighted by Crippen LogP contribution is 2.18. The number of carbonyl (C=O) groups is 2. The Bertz CT molecular complexity index is 991. The summed E-state index contributed by atoms with van der Waals surface area (Å²) in [5.74, 6) is -0.531. The van der Waals surface area contributed by atoms with Crippen LogP contribution in [0.5, 0.6) is 0 Å². The SMILES string of the molecule is Cc1ccn2cc(C(=O)N(C)CC(=O)Nc3cccc(C)c3C)nc2c1. The van der Waals surface area contributed by atoms with Gasteiger partial charge in [-0.25, -0.2) is 4.98 Å². The van der Waals surface area contributed by atoms with Gasteiger partial charge in [0.05, 0.1) is 6.54 Å². The van der Waals surface area contributed by atoms with Gasteiger partial charge >= 0.3 is 0 Å².